The highest BCUT2D eigenvalue weighted by Crippen LogP contribution is 2.28. The maximum Gasteiger partial charge on any atom is 0.344 e. The van der Waals surface area contributed by atoms with Crippen molar-refractivity contribution in [3.8, 4) is 11.5 Å². The van der Waals surface area contributed by atoms with E-state index < -0.39 is 5.97 Å². The monoisotopic (exact) mass is 410 g/mol. The fraction of sp³-hybridized carbons (Fsp3) is 0.190. The second kappa shape index (κ2) is 7.92. The molecule has 2 aromatic heterocycles. The molecule has 0 N–H and O–H groups in total. The molecule has 2 aromatic carbocycles. The first kappa shape index (κ1) is 18.9. The zero-order valence-electron chi connectivity index (χ0n) is 15.9. The van der Waals surface area contributed by atoms with Crippen LogP contribution in [0.2, 0.25) is 0 Å². The quantitative estimate of drug-likeness (QED) is 0.454. The fourth-order valence-electron chi connectivity index (χ4n) is 3.00. The number of thiazole rings is 1. The Labute approximate surface area is 169 Å². The van der Waals surface area contributed by atoms with E-state index in [-0.39, 0.29) is 12.2 Å². The molecule has 7 nitrogen and oxygen atoms in total. The van der Waals surface area contributed by atoms with Gasteiger partial charge >= 0.3 is 5.97 Å². The van der Waals surface area contributed by atoms with Crippen LogP contribution in [-0.2, 0) is 9.53 Å². The van der Waals surface area contributed by atoms with Crippen molar-refractivity contribution in [2.24, 2.45) is 0 Å². The molecule has 0 aliphatic heterocycles. The summed E-state index contributed by atoms with van der Waals surface area (Å²) >= 11 is 1.33. The van der Waals surface area contributed by atoms with E-state index in [9.17, 15) is 9.59 Å². The van der Waals surface area contributed by atoms with Crippen molar-refractivity contribution in [3.63, 3.8) is 0 Å². The van der Waals surface area contributed by atoms with Crippen molar-refractivity contribution in [2.45, 2.75) is 6.92 Å². The highest BCUT2D eigenvalue weighted by molar-refractivity contribution is 7.15. The number of hydrogen-bond acceptors (Lipinski definition) is 7. The number of nitrogens with zero attached hydrogens (tertiary/aromatic N) is 2. The summed E-state index contributed by atoms with van der Waals surface area (Å²) < 4.78 is 17.9. The third-order valence-corrected chi connectivity index (χ3v) is 5.25. The molecular formula is C21H18N2O5S. The van der Waals surface area contributed by atoms with Gasteiger partial charge in [0.2, 0.25) is 0 Å². The average Bonchev–Trinajstić information content (AvgIpc) is 3.23. The number of esters is 1. The molecule has 0 amide bonds. The normalized spacial score (nSPS) is 11.9. The highest BCUT2D eigenvalue weighted by Gasteiger charge is 2.12. The van der Waals surface area contributed by atoms with Crippen LogP contribution in [0.3, 0.4) is 0 Å². The Kier molecular flexibility index (Phi) is 5.18. The number of fused-ring (bicyclic) bond motifs is 3. The summed E-state index contributed by atoms with van der Waals surface area (Å²) in [4.78, 5) is 29.5. The van der Waals surface area contributed by atoms with E-state index in [1.807, 2.05) is 24.3 Å². The largest absolute Gasteiger partial charge is 0.493 e. The van der Waals surface area contributed by atoms with Gasteiger partial charge in [-0.15, -0.1) is 0 Å². The molecule has 0 atom stereocenters. The van der Waals surface area contributed by atoms with Crippen LogP contribution in [0.1, 0.15) is 12.5 Å². The predicted molar refractivity (Wildman–Crippen MR) is 111 cm³/mol. The maximum absolute atomic E-state index is 12.9. The van der Waals surface area contributed by atoms with Gasteiger partial charge in [0.25, 0.3) is 5.56 Å². The van der Waals surface area contributed by atoms with Crippen molar-refractivity contribution >= 4 is 39.4 Å². The smallest absolute Gasteiger partial charge is 0.344 e. The first-order valence-corrected chi connectivity index (χ1v) is 9.80. The minimum atomic E-state index is -0.449. The summed E-state index contributed by atoms with van der Waals surface area (Å²) in [7, 11) is 1.51. The third kappa shape index (κ3) is 3.66. The van der Waals surface area contributed by atoms with Gasteiger partial charge in [-0.05, 0) is 42.8 Å². The number of rotatable bonds is 6. The van der Waals surface area contributed by atoms with Crippen molar-refractivity contribution < 1.29 is 19.0 Å². The van der Waals surface area contributed by atoms with E-state index in [2.05, 4.69) is 4.98 Å². The number of benzene rings is 2. The molecule has 0 aliphatic rings. The molecule has 0 spiro atoms. The van der Waals surface area contributed by atoms with Crippen LogP contribution in [-0.4, -0.2) is 35.7 Å². The molecule has 8 heteroatoms. The SMILES string of the molecule is CCOC(=O)COc1ccc(/C=c2\sc3nc4ccccc4n3c2=O)cc1OC. The topological polar surface area (TPSA) is 79.1 Å². The summed E-state index contributed by atoms with van der Waals surface area (Å²) in [6.07, 6.45) is 1.79. The zero-order valence-corrected chi connectivity index (χ0v) is 16.7. The standard InChI is InChI=1S/C21H18N2O5S/c1-3-27-19(24)12-28-16-9-8-13(10-17(16)26-2)11-18-20(25)23-15-7-5-4-6-14(15)22-21(23)29-18/h4-11H,3,12H2,1-2H3/b18-11-. The van der Waals surface area contributed by atoms with Gasteiger partial charge in [-0.3, -0.25) is 4.79 Å². The van der Waals surface area contributed by atoms with E-state index in [1.165, 1.54) is 18.4 Å². The lowest BCUT2D eigenvalue weighted by Crippen LogP contribution is -2.22. The molecule has 2 heterocycles. The van der Waals surface area contributed by atoms with Gasteiger partial charge in [0.1, 0.15) is 0 Å². The minimum Gasteiger partial charge on any atom is -0.493 e. The molecule has 148 valence electrons. The van der Waals surface area contributed by atoms with Gasteiger partial charge in [-0.1, -0.05) is 29.5 Å². The van der Waals surface area contributed by atoms with Crippen LogP contribution in [0.5, 0.6) is 11.5 Å². The van der Waals surface area contributed by atoms with E-state index in [0.717, 1.165) is 16.6 Å². The molecule has 4 aromatic rings. The van der Waals surface area contributed by atoms with Crippen LogP contribution in [0.4, 0.5) is 0 Å². The minimum absolute atomic E-state index is 0.111. The van der Waals surface area contributed by atoms with E-state index in [4.69, 9.17) is 14.2 Å². The fourth-order valence-corrected chi connectivity index (χ4v) is 3.98. The lowest BCUT2D eigenvalue weighted by molar-refractivity contribution is -0.145. The molecule has 0 aliphatic carbocycles. The molecule has 0 fully saturated rings. The summed E-state index contributed by atoms with van der Waals surface area (Å²) in [6, 6.07) is 12.8. The van der Waals surface area contributed by atoms with Gasteiger partial charge in [-0.2, -0.15) is 0 Å². The molecule has 0 unspecified atom stereocenters. The second-order valence-electron chi connectivity index (χ2n) is 6.14. The van der Waals surface area contributed by atoms with E-state index in [1.54, 1.807) is 35.6 Å². The number of carbonyl (C=O) groups excluding carboxylic acids is 1. The zero-order chi connectivity index (χ0) is 20.4. The lowest BCUT2D eigenvalue weighted by atomic mass is 10.2. The molecule has 0 radical (unpaired) electrons. The first-order chi connectivity index (χ1) is 14.1. The molecule has 4 rings (SSSR count). The lowest BCUT2D eigenvalue weighted by Gasteiger charge is -2.10. The van der Waals surface area contributed by atoms with Crippen molar-refractivity contribution in [3.05, 3.63) is 62.9 Å². The van der Waals surface area contributed by atoms with Crippen LogP contribution in [0, 0.1) is 0 Å². The number of imidazole rings is 1. The molecule has 0 bridgehead atoms. The summed E-state index contributed by atoms with van der Waals surface area (Å²) in [5.41, 5.74) is 2.26. The summed E-state index contributed by atoms with van der Waals surface area (Å²) in [5.74, 6) is 0.435. The van der Waals surface area contributed by atoms with E-state index in [0.29, 0.717) is 27.6 Å². The molecule has 0 saturated heterocycles. The second-order valence-corrected chi connectivity index (χ2v) is 7.15. The Morgan fingerprint density at radius 2 is 2.03 bits per heavy atom. The van der Waals surface area contributed by atoms with Crippen molar-refractivity contribution in [1.82, 2.24) is 9.38 Å². The molecular weight excluding hydrogens is 392 g/mol. The van der Waals surface area contributed by atoms with Gasteiger partial charge in [0.15, 0.2) is 23.1 Å². The third-order valence-electron chi connectivity index (χ3n) is 4.28. The highest BCUT2D eigenvalue weighted by atomic mass is 32.1. The number of hydrogen-bond donors (Lipinski definition) is 0. The van der Waals surface area contributed by atoms with Gasteiger partial charge in [0, 0.05) is 0 Å². The Balaban J connectivity index is 1.68. The van der Waals surface area contributed by atoms with Crippen LogP contribution in [0.25, 0.3) is 22.1 Å². The predicted octanol–water partition coefficient (Wildman–Crippen LogP) is 2.41. The average molecular weight is 410 g/mol. The Morgan fingerprint density at radius 1 is 1.21 bits per heavy atom. The van der Waals surface area contributed by atoms with Crippen LogP contribution < -0.4 is 19.6 Å². The molecule has 0 saturated carbocycles. The van der Waals surface area contributed by atoms with Gasteiger partial charge in [-0.25, -0.2) is 14.2 Å². The number of methoxy groups -OCH3 is 1. The van der Waals surface area contributed by atoms with E-state index >= 15 is 0 Å². The van der Waals surface area contributed by atoms with Gasteiger partial charge < -0.3 is 14.2 Å². The number of para-hydroxylation sites is 2. The van der Waals surface area contributed by atoms with Crippen molar-refractivity contribution in [2.75, 3.05) is 20.3 Å². The summed E-state index contributed by atoms with van der Waals surface area (Å²) in [5, 5.41) is 0. The Hall–Kier alpha value is -3.39. The van der Waals surface area contributed by atoms with Gasteiger partial charge in [0.05, 0.1) is 29.3 Å². The number of aromatic nitrogens is 2. The van der Waals surface area contributed by atoms with Crippen LogP contribution in [0.15, 0.2) is 47.3 Å². The first-order valence-electron chi connectivity index (χ1n) is 8.99. The van der Waals surface area contributed by atoms with Crippen LogP contribution >= 0.6 is 11.3 Å². The Morgan fingerprint density at radius 3 is 2.83 bits per heavy atom. The molecule has 29 heavy (non-hydrogen) atoms. The van der Waals surface area contributed by atoms with Crippen molar-refractivity contribution in [1.29, 1.82) is 0 Å². The number of carbonyl (C=O) groups is 1. The maximum atomic E-state index is 12.9. The Bertz CT molecular complexity index is 1310. The number of ether oxygens (including phenoxy) is 3. The summed E-state index contributed by atoms with van der Waals surface area (Å²) in [6.45, 7) is 1.83.